The summed E-state index contributed by atoms with van der Waals surface area (Å²) in [5.41, 5.74) is 0. The fourth-order valence-electron chi connectivity index (χ4n) is 1.92. The number of carbonyl (C=O) groups excluding carboxylic acids is 1. The molecular formula is C13H16BrNO4. The van der Waals surface area contributed by atoms with E-state index in [0.717, 1.165) is 4.47 Å². The summed E-state index contributed by atoms with van der Waals surface area (Å²) in [5, 5.41) is 18.7. The van der Waals surface area contributed by atoms with Gasteiger partial charge in [0, 0.05) is 17.6 Å². The fourth-order valence-corrected chi connectivity index (χ4v) is 2.18. The number of ether oxygens (including phenoxy) is 1. The third-order valence-electron chi connectivity index (χ3n) is 3.01. The number of hydrogen-bond donors (Lipinski definition) is 2. The number of likely N-dealkylation sites (tertiary alicyclic amines) is 1. The zero-order valence-corrected chi connectivity index (χ0v) is 11.9. The minimum atomic E-state index is -0.837. The van der Waals surface area contributed by atoms with E-state index in [2.05, 4.69) is 15.9 Å². The molecule has 2 N–H and O–H groups in total. The molecule has 0 spiro atoms. The maximum Gasteiger partial charge on any atom is 0.226 e. The minimum Gasteiger partial charge on any atom is -0.493 e. The Balaban J connectivity index is 1.74. The molecule has 1 aliphatic rings. The van der Waals surface area contributed by atoms with E-state index in [9.17, 15) is 15.0 Å². The number of halogens is 1. The molecule has 0 aliphatic carbocycles. The van der Waals surface area contributed by atoms with Gasteiger partial charge in [0.1, 0.15) is 5.75 Å². The van der Waals surface area contributed by atoms with Crippen molar-refractivity contribution in [3.05, 3.63) is 28.7 Å². The van der Waals surface area contributed by atoms with E-state index in [4.69, 9.17) is 4.74 Å². The summed E-state index contributed by atoms with van der Waals surface area (Å²) in [7, 11) is 0. The molecule has 1 saturated heterocycles. The molecule has 6 heteroatoms. The zero-order chi connectivity index (χ0) is 13.8. The Hall–Kier alpha value is -1.11. The molecule has 0 aromatic heterocycles. The quantitative estimate of drug-likeness (QED) is 0.856. The van der Waals surface area contributed by atoms with Crippen LogP contribution in [0, 0.1) is 0 Å². The Morgan fingerprint density at radius 3 is 2.42 bits per heavy atom. The van der Waals surface area contributed by atoms with E-state index in [1.807, 2.05) is 24.3 Å². The third kappa shape index (κ3) is 3.92. The smallest absolute Gasteiger partial charge is 0.226 e. The van der Waals surface area contributed by atoms with Crippen LogP contribution in [0.1, 0.15) is 6.42 Å². The lowest BCUT2D eigenvalue weighted by Gasteiger charge is -2.15. The normalized spacial score (nSPS) is 22.6. The van der Waals surface area contributed by atoms with Crippen LogP contribution >= 0.6 is 15.9 Å². The second-order valence-corrected chi connectivity index (χ2v) is 5.40. The number of aliphatic hydroxyl groups is 2. The lowest BCUT2D eigenvalue weighted by atomic mass is 10.3. The molecule has 19 heavy (non-hydrogen) atoms. The summed E-state index contributed by atoms with van der Waals surface area (Å²) >= 11 is 3.33. The summed E-state index contributed by atoms with van der Waals surface area (Å²) in [4.78, 5) is 13.3. The maximum atomic E-state index is 11.8. The zero-order valence-electron chi connectivity index (χ0n) is 10.3. The highest BCUT2D eigenvalue weighted by molar-refractivity contribution is 9.10. The maximum absolute atomic E-state index is 11.8. The van der Waals surface area contributed by atoms with Gasteiger partial charge in [-0.05, 0) is 24.3 Å². The second kappa shape index (κ2) is 6.36. The van der Waals surface area contributed by atoms with Gasteiger partial charge in [-0.1, -0.05) is 15.9 Å². The summed E-state index contributed by atoms with van der Waals surface area (Å²) < 4.78 is 6.42. The van der Waals surface area contributed by atoms with Crippen molar-refractivity contribution in [1.29, 1.82) is 0 Å². The highest BCUT2D eigenvalue weighted by Gasteiger charge is 2.32. The standard InChI is InChI=1S/C13H16BrNO4/c14-9-1-3-10(4-2-9)19-6-5-13(18)15-7-11(16)12(17)8-15/h1-4,11-12,16-17H,5-8H2. The van der Waals surface area contributed by atoms with Gasteiger partial charge in [0.25, 0.3) is 0 Å². The first-order valence-electron chi connectivity index (χ1n) is 6.08. The third-order valence-corrected chi connectivity index (χ3v) is 3.54. The lowest BCUT2D eigenvalue weighted by Crippen LogP contribution is -2.30. The van der Waals surface area contributed by atoms with Crippen molar-refractivity contribution in [3.63, 3.8) is 0 Å². The van der Waals surface area contributed by atoms with E-state index < -0.39 is 12.2 Å². The van der Waals surface area contributed by atoms with Crippen LogP contribution in [-0.2, 0) is 4.79 Å². The van der Waals surface area contributed by atoms with Gasteiger partial charge in [0.2, 0.25) is 5.91 Å². The molecule has 5 nitrogen and oxygen atoms in total. The molecule has 1 aromatic rings. The van der Waals surface area contributed by atoms with Crippen LogP contribution in [0.4, 0.5) is 0 Å². The molecule has 0 saturated carbocycles. The predicted octanol–water partition coefficient (Wildman–Crippen LogP) is 0.782. The number of amides is 1. The van der Waals surface area contributed by atoms with Crippen LogP contribution in [0.2, 0.25) is 0 Å². The highest BCUT2D eigenvalue weighted by atomic mass is 79.9. The minimum absolute atomic E-state index is 0.118. The van der Waals surface area contributed by atoms with Crippen LogP contribution in [-0.4, -0.2) is 52.9 Å². The van der Waals surface area contributed by atoms with Gasteiger partial charge < -0.3 is 19.8 Å². The monoisotopic (exact) mass is 329 g/mol. The number of benzene rings is 1. The van der Waals surface area contributed by atoms with Gasteiger partial charge in [-0.15, -0.1) is 0 Å². The van der Waals surface area contributed by atoms with Crippen LogP contribution in [0.15, 0.2) is 28.7 Å². The van der Waals surface area contributed by atoms with Crippen molar-refractivity contribution in [2.45, 2.75) is 18.6 Å². The average Bonchev–Trinajstić information content (AvgIpc) is 2.72. The molecule has 1 amide bonds. The molecule has 104 valence electrons. The lowest BCUT2D eigenvalue weighted by molar-refractivity contribution is -0.131. The average molecular weight is 330 g/mol. The predicted molar refractivity (Wildman–Crippen MR) is 72.8 cm³/mol. The summed E-state index contributed by atoms with van der Waals surface area (Å²) in [6.45, 7) is 0.666. The molecule has 2 rings (SSSR count). The molecular weight excluding hydrogens is 314 g/mol. The van der Waals surface area contributed by atoms with Crippen LogP contribution in [0.25, 0.3) is 0 Å². The van der Waals surface area contributed by atoms with Crippen LogP contribution < -0.4 is 4.74 Å². The van der Waals surface area contributed by atoms with Crippen molar-refractivity contribution in [2.75, 3.05) is 19.7 Å². The molecule has 1 fully saturated rings. The van der Waals surface area contributed by atoms with Crippen molar-refractivity contribution < 1.29 is 19.7 Å². The highest BCUT2D eigenvalue weighted by Crippen LogP contribution is 2.16. The molecule has 0 radical (unpaired) electrons. The Labute approximate surface area is 119 Å². The number of carbonyl (C=O) groups is 1. The second-order valence-electron chi connectivity index (χ2n) is 4.49. The number of β-amino-alcohol motifs (C(OH)–C–C–N with tert-alkyl or cyclic N) is 2. The SMILES string of the molecule is O=C(CCOc1ccc(Br)cc1)N1CC(O)C(O)C1. The van der Waals surface area contributed by atoms with E-state index in [1.165, 1.54) is 4.90 Å². The molecule has 1 heterocycles. The van der Waals surface area contributed by atoms with Gasteiger partial charge in [0.05, 0.1) is 25.2 Å². The Morgan fingerprint density at radius 1 is 1.26 bits per heavy atom. The van der Waals surface area contributed by atoms with Gasteiger partial charge in [-0.3, -0.25) is 4.79 Å². The first-order chi connectivity index (χ1) is 9.06. The number of rotatable bonds is 4. The molecule has 1 aromatic carbocycles. The van der Waals surface area contributed by atoms with E-state index in [-0.39, 0.29) is 32.0 Å². The Morgan fingerprint density at radius 2 is 1.84 bits per heavy atom. The van der Waals surface area contributed by atoms with Gasteiger partial charge in [-0.25, -0.2) is 0 Å². The fraction of sp³-hybridized carbons (Fsp3) is 0.462. The van der Waals surface area contributed by atoms with Gasteiger partial charge >= 0.3 is 0 Å². The van der Waals surface area contributed by atoms with Crippen molar-refractivity contribution in [1.82, 2.24) is 4.90 Å². The van der Waals surface area contributed by atoms with E-state index in [1.54, 1.807) is 0 Å². The molecule has 2 unspecified atom stereocenters. The van der Waals surface area contributed by atoms with Crippen LogP contribution in [0.3, 0.4) is 0 Å². The molecule has 1 aliphatic heterocycles. The Bertz CT molecular complexity index is 427. The topological polar surface area (TPSA) is 70.0 Å². The van der Waals surface area contributed by atoms with Crippen LogP contribution in [0.5, 0.6) is 5.75 Å². The number of nitrogens with zero attached hydrogens (tertiary/aromatic N) is 1. The number of hydrogen-bond acceptors (Lipinski definition) is 4. The van der Waals surface area contributed by atoms with Gasteiger partial charge in [0.15, 0.2) is 0 Å². The van der Waals surface area contributed by atoms with Crippen molar-refractivity contribution in [3.8, 4) is 5.75 Å². The summed E-state index contributed by atoms with van der Waals surface area (Å²) in [6.07, 6.45) is -1.44. The first-order valence-corrected chi connectivity index (χ1v) is 6.88. The molecule has 2 atom stereocenters. The van der Waals surface area contributed by atoms with E-state index >= 15 is 0 Å². The first kappa shape index (κ1) is 14.3. The van der Waals surface area contributed by atoms with Crippen molar-refractivity contribution >= 4 is 21.8 Å². The summed E-state index contributed by atoms with van der Waals surface area (Å²) in [5.74, 6) is 0.588. The Kier molecular flexibility index (Phi) is 4.79. The molecule has 0 bridgehead atoms. The van der Waals surface area contributed by atoms with Gasteiger partial charge in [-0.2, -0.15) is 0 Å². The van der Waals surface area contributed by atoms with E-state index in [0.29, 0.717) is 5.75 Å². The largest absolute Gasteiger partial charge is 0.493 e. The summed E-state index contributed by atoms with van der Waals surface area (Å²) in [6, 6.07) is 7.37. The number of aliphatic hydroxyl groups excluding tert-OH is 2. The van der Waals surface area contributed by atoms with Crippen molar-refractivity contribution in [2.24, 2.45) is 0 Å².